The molecule has 3 aromatic rings. The van der Waals surface area contributed by atoms with Gasteiger partial charge in [0.1, 0.15) is 11.8 Å². The van der Waals surface area contributed by atoms with E-state index in [-0.39, 0.29) is 0 Å². The summed E-state index contributed by atoms with van der Waals surface area (Å²) in [5.74, 6) is 0. The number of benzene rings is 1. The quantitative estimate of drug-likeness (QED) is 0.756. The number of halogens is 1. The SMILES string of the molecule is O=CNc1ccc(-n2cnc3cc(Br)cnc32)cc1. The van der Waals surface area contributed by atoms with Crippen LogP contribution in [0.25, 0.3) is 16.9 Å². The Kier molecular flexibility index (Phi) is 3.00. The first kappa shape index (κ1) is 11.9. The number of anilines is 1. The molecule has 0 atom stereocenters. The molecule has 94 valence electrons. The summed E-state index contributed by atoms with van der Waals surface area (Å²) in [6.07, 6.45) is 4.12. The van der Waals surface area contributed by atoms with Crippen molar-refractivity contribution in [3.63, 3.8) is 0 Å². The molecule has 0 unspecified atom stereocenters. The van der Waals surface area contributed by atoms with Crippen molar-refractivity contribution in [3.05, 3.63) is 47.3 Å². The van der Waals surface area contributed by atoms with Crippen LogP contribution < -0.4 is 5.32 Å². The van der Waals surface area contributed by atoms with Crippen LogP contribution in [0.1, 0.15) is 0 Å². The van der Waals surface area contributed by atoms with E-state index in [1.807, 2.05) is 34.9 Å². The third-order valence-corrected chi connectivity index (χ3v) is 3.16. The van der Waals surface area contributed by atoms with E-state index in [1.165, 1.54) is 0 Å². The van der Waals surface area contributed by atoms with E-state index in [9.17, 15) is 4.79 Å². The summed E-state index contributed by atoms with van der Waals surface area (Å²) < 4.78 is 2.79. The Hall–Kier alpha value is -2.21. The van der Waals surface area contributed by atoms with Crippen LogP contribution in [0.2, 0.25) is 0 Å². The van der Waals surface area contributed by atoms with Crippen LogP contribution in [0.3, 0.4) is 0 Å². The van der Waals surface area contributed by atoms with Gasteiger partial charge in [-0.05, 0) is 46.3 Å². The lowest BCUT2D eigenvalue weighted by atomic mass is 10.3. The maximum absolute atomic E-state index is 10.4. The van der Waals surface area contributed by atoms with E-state index in [2.05, 4.69) is 31.2 Å². The molecule has 3 rings (SSSR count). The third-order valence-electron chi connectivity index (χ3n) is 2.73. The molecule has 2 heterocycles. The average molecular weight is 317 g/mol. The molecule has 0 aliphatic heterocycles. The van der Waals surface area contributed by atoms with Gasteiger partial charge in [0.05, 0.1) is 0 Å². The monoisotopic (exact) mass is 316 g/mol. The molecule has 0 bridgehead atoms. The molecule has 6 heteroatoms. The first-order valence-electron chi connectivity index (χ1n) is 5.57. The summed E-state index contributed by atoms with van der Waals surface area (Å²) in [6, 6.07) is 9.37. The number of nitrogens with one attached hydrogen (secondary N) is 1. The van der Waals surface area contributed by atoms with Crippen molar-refractivity contribution in [1.29, 1.82) is 0 Å². The van der Waals surface area contributed by atoms with Crippen LogP contribution in [-0.4, -0.2) is 20.9 Å². The predicted octanol–water partition coefficient (Wildman–Crippen LogP) is 2.75. The normalized spacial score (nSPS) is 10.6. The van der Waals surface area contributed by atoms with E-state index in [4.69, 9.17) is 0 Å². The smallest absolute Gasteiger partial charge is 0.211 e. The fourth-order valence-electron chi connectivity index (χ4n) is 1.85. The highest BCUT2D eigenvalue weighted by Crippen LogP contribution is 2.20. The number of hydrogen-bond acceptors (Lipinski definition) is 3. The summed E-state index contributed by atoms with van der Waals surface area (Å²) in [4.78, 5) is 19.0. The molecule has 1 aromatic carbocycles. The van der Waals surface area contributed by atoms with Crippen LogP contribution in [-0.2, 0) is 4.79 Å². The summed E-state index contributed by atoms with van der Waals surface area (Å²) in [5, 5.41) is 2.60. The second-order valence-electron chi connectivity index (χ2n) is 3.92. The molecule has 1 amide bonds. The minimum absolute atomic E-state index is 0.653. The summed E-state index contributed by atoms with van der Waals surface area (Å²) in [6.45, 7) is 0. The van der Waals surface area contributed by atoms with Crippen molar-refractivity contribution in [2.75, 3.05) is 5.32 Å². The molecule has 5 nitrogen and oxygen atoms in total. The molecule has 0 aliphatic carbocycles. The predicted molar refractivity (Wildman–Crippen MR) is 76.3 cm³/mol. The number of fused-ring (bicyclic) bond motifs is 1. The molecular weight excluding hydrogens is 308 g/mol. The number of amides is 1. The number of rotatable bonds is 3. The van der Waals surface area contributed by atoms with Crippen molar-refractivity contribution >= 4 is 39.2 Å². The highest BCUT2D eigenvalue weighted by molar-refractivity contribution is 9.10. The van der Waals surface area contributed by atoms with Crippen LogP contribution in [0.15, 0.2) is 47.3 Å². The minimum atomic E-state index is 0.653. The lowest BCUT2D eigenvalue weighted by Crippen LogP contribution is -1.96. The van der Waals surface area contributed by atoms with Crippen LogP contribution >= 0.6 is 15.9 Å². The standard InChI is InChI=1S/C13H9BrN4O/c14-9-5-12-13(15-6-9)18(7-16-12)11-3-1-10(2-4-11)17-8-19/h1-8H,(H,17,19). The van der Waals surface area contributed by atoms with Gasteiger partial charge in [-0.15, -0.1) is 0 Å². The van der Waals surface area contributed by atoms with Gasteiger partial charge in [-0.25, -0.2) is 9.97 Å². The number of carbonyl (C=O) groups is 1. The Bertz CT molecular complexity index is 736. The zero-order chi connectivity index (χ0) is 13.2. The average Bonchev–Trinajstić information content (AvgIpc) is 2.83. The Morgan fingerprint density at radius 2 is 2.00 bits per heavy atom. The fourth-order valence-corrected chi connectivity index (χ4v) is 2.17. The zero-order valence-electron chi connectivity index (χ0n) is 9.75. The van der Waals surface area contributed by atoms with E-state index < -0.39 is 0 Å². The number of pyridine rings is 1. The number of imidazole rings is 1. The Morgan fingerprint density at radius 3 is 2.74 bits per heavy atom. The molecule has 0 spiro atoms. The Labute approximate surface area is 117 Å². The van der Waals surface area contributed by atoms with Crippen molar-refractivity contribution < 1.29 is 4.79 Å². The summed E-state index contributed by atoms with van der Waals surface area (Å²) in [7, 11) is 0. The van der Waals surface area contributed by atoms with Gasteiger partial charge in [-0.3, -0.25) is 9.36 Å². The molecule has 0 saturated carbocycles. The van der Waals surface area contributed by atoms with Crippen LogP contribution in [0.4, 0.5) is 5.69 Å². The van der Waals surface area contributed by atoms with Gasteiger partial charge in [-0.1, -0.05) is 0 Å². The van der Waals surface area contributed by atoms with Gasteiger partial charge >= 0.3 is 0 Å². The first-order chi connectivity index (χ1) is 9.28. The molecule has 0 aliphatic rings. The number of aromatic nitrogens is 3. The van der Waals surface area contributed by atoms with E-state index in [0.29, 0.717) is 6.41 Å². The number of nitrogens with zero attached hydrogens (tertiary/aromatic N) is 3. The largest absolute Gasteiger partial charge is 0.329 e. The molecule has 2 aromatic heterocycles. The Morgan fingerprint density at radius 1 is 1.21 bits per heavy atom. The summed E-state index contributed by atoms with van der Waals surface area (Å²) in [5.41, 5.74) is 3.30. The van der Waals surface area contributed by atoms with Crippen LogP contribution in [0, 0.1) is 0 Å². The molecule has 1 N–H and O–H groups in total. The van der Waals surface area contributed by atoms with Gasteiger partial charge in [-0.2, -0.15) is 0 Å². The molecule has 0 saturated heterocycles. The van der Waals surface area contributed by atoms with E-state index >= 15 is 0 Å². The highest BCUT2D eigenvalue weighted by Gasteiger charge is 2.06. The molecule has 0 radical (unpaired) electrons. The third kappa shape index (κ3) is 2.22. The lowest BCUT2D eigenvalue weighted by Gasteiger charge is -2.05. The number of carbonyl (C=O) groups excluding carboxylic acids is 1. The molecule has 19 heavy (non-hydrogen) atoms. The van der Waals surface area contributed by atoms with Crippen molar-refractivity contribution in [3.8, 4) is 5.69 Å². The van der Waals surface area contributed by atoms with Gasteiger partial charge < -0.3 is 5.32 Å². The Balaban J connectivity index is 2.06. The first-order valence-corrected chi connectivity index (χ1v) is 6.36. The van der Waals surface area contributed by atoms with Gasteiger partial charge in [0.2, 0.25) is 6.41 Å². The molecular formula is C13H9BrN4O. The summed E-state index contributed by atoms with van der Waals surface area (Å²) >= 11 is 3.37. The topological polar surface area (TPSA) is 59.8 Å². The van der Waals surface area contributed by atoms with Crippen LogP contribution in [0.5, 0.6) is 0 Å². The van der Waals surface area contributed by atoms with Crippen molar-refractivity contribution in [1.82, 2.24) is 14.5 Å². The van der Waals surface area contributed by atoms with E-state index in [0.717, 1.165) is 27.0 Å². The fraction of sp³-hybridized carbons (Fsp3) is 0. The van der Waals surface area contributed by atoms with Gasteiger partial charge in [0, 0.05) is 22.0 Å². The van der Waals surface area contributed by atoms with Crippen molar-refractivity contribution in [2.24, 2.45) is 0 Å². The van der Waals surface area contributed by atoms with Gasteiger partial charge in [0.15, 0.2) is 5.65 Å². The second-order valence-corrected chi connectivity index (χ2v) is 4.84. The highest BCUT2D eigenvalue weighted by atomic mass is 79.9. The van der Waals surface area contributed by atoms with E-state index in [1.54, 1.807) is 12.5 Å². The van der Waals surface area contributed by atoms with Crippen molar-refractivity contribution in [2.45, 2.75) is 0 Å². The van der Waals surface area contributed by atoms with Gasteiger partial charge in [0.25, 0.3) is 0 Å². The zero-order valence-corrected chi connectivity index (χ0v) is 11.3. The lowest BCUT2D eigenvalue weighted by molar-refractivity contribution is -0.105. The number of hydrogen-bond donors (Lipinski definition) is 1. The maximum Gasteiger partial charge on any atom is 0.211 e. The second kappa shape index (κ2) is 4.81. The maximum atomic E-state index is 10.4. The molecule has 0 fully saturated rings. The minimum Gasteiger partial charge on any atom is -0.329 e.